The van der Waals surface area contributed by atoms with Crippen LogP contribution in [0.25, 0.3) is 0 Å². The molecule has 0 heterocycles. The largest absolute Gasteiger partial charge is 0.489 e. The van der Waals surface area contributed by atoms with Crippen LogP contribution in [0.15, 0.2) is 60.7 Å². The number of ether oxygens (including phenoxy) is 1. The molecule has 160 valence electrons. The number of carbonyl (C=O) groups excluding carboxylic acids is 2. The van der Waals surface area contributed by atoms with Crippen LogP contribution in [-0.4, -0.2) is 18.4 Å². The second-order valence-electron chi connectivity index (χ2n) is 6.76. The third-order valence-electron chi connectivity index (χ3n) is 4.30. The van der Waals surface area contributed by atoms with Gasteiger partial charge in [0.05, 0.1) is 12.2 Å². The van der Waals surface area contributed by atoms with Crippen molar-refractivity contribution in [2.24, 2.45) is 0 Å². The Hall–Kier alpha value is -3.81. The highest BCUT2D eigenvalue weighted by Crippen LogP contribution is 2.19. The maximum absolute atomic E-state index is 13.6. The summed E-state index contributed by atoms with van der Waals surface area (Å²) in [6.07, 6.45) is 0. The Kier molecular flexibility index (Phi) is 6.92. The molecule has 0 aliphatic carbocycles. The molecule has 0 atom stereocenters. The van der Waals surface area contributed by atoms with Gasteiger partial charge < -0.3 is 15.4 Å². The molecule has 0 saturated carbocycles. The average molecular weight is 428 g/mol. The second-order valence-corrected chi connectivity index (χ2v) is 6.76. The molecule has 2 amide bonds. The van der Waals surface area contributed by atoms with Gasteiger partial charge in [-0.25, -0.2) is 13.2 Å². The van der Waals surface area contributed by atoms with Crippen molar-refractivity contribution in [1.82, 2.24) is 5.32 Å². The van der Waals surface area contributed by atoms with Gasteiger partial charge in [0.2, 0.25) is 5.91 Å². The van der Waals surface area contributed by atoms with E-state index in [0.717, 1.165) is 17.2 Å². The van der Waals surface area contributed by atoms with E-state index in [-0.39, 0.29) is 5.56 Å². The van der Waals surface area contributed by atoms with Crippen molar-refractivity contribution in [2.45, 2.75) is 13.5 Å². The average Bonchev–Trinajstić information content (AvgIpc) is 2.77. The van der Waals surface area contributed by atoms with Gasteiger partial charge in [-0.2, -0.15) is 0 Å². The van der Waals surface area contributed by atoms with E-state index < -0.39 is 41.5 Å². The van der Waals surface area contributed by atoms with E-state index in [0.29, 0.717) is 18.4 Å². The lowest BCUT2D eigenvalue weighted by Crippen LogP contribution is -2.33. The van der Waals surface area contributed by atoms with Crippen molar-refractivity contribution >= 4 is 17.5 Å². The standard InChI is InChI=1S/C23H19F3N2O3/c1-14-4-2-5-15(10-14)13-31-17-7-3-6-16(11-17)23(30)27-12-20(29)28-19-9-8-18(24)21(25)22(19)26/h2-11H,12-13H2,1H3,(H,27,30)(H,28,29). The number of aryl methyl sites for hydroxylation is 1. The second kappa shape index (κ2) is 9.80. The number of benzene rings is 3. The third kappa shape index (κ3) is 5.85. The fourth-order valence-corrected chi connectivity index (χ4v) is 2.78. The van der Waals surface area contributed by atoms with E-state index in [1.807, 2.05) is 31.2 Å². The summed E-state index contributed by atoms with van der Waals surface area (Å²) < 4.78 is 45.5. The van der Waals surface area contributed by atoms with Gasteiger partial charge in [-0.05, 0) is 42.8 Å². The van der Waals surface area contributed by atoms with Crippen molar-refractivity contribution in [3.8, 4) is 5.75 Å². The number of rotatable bonds is 7. The number of hydrogen-bond donors (Lipinski definition) is 2. The van der Waals surface area contributed by atoms with Crippen molar-refractivity contribution in [2.75, 3.05) is 11.9 Å². The molecule has 0 unspecified atom stereocenters. The zero-order valence-corrected chi connectivity index (χ0v) is 16.5. The summed E-state index contributed by atoms with van der Waals surface area (Å²) in [4.78, 5) is 24.2. The van der Waals surface area contributed by atoms with Crippen molar-refractivity contribution in [3.63, 3.8) is 0 Å². The summed E-state index contributed by atoms with van der Waals surface area (Å²) in [5.41, 5.74) is 1.82. The molecule has 0 aliphatic heterocycles. The third-order valence-corrected chi connectivity index (χ3v) is 4.30. The summed E-state index contributed by atoms with van der Waals surface area (Å²) in [5.74, 6) is -5.45. The quantitative estimate of drug-likeness (QED) is 0.550. The van der Waals surface area contributed by atoms with E-state index in [1.165, 1.54) is 6.07 Å². The van der Waals surface area contributed by atoms with Gasteiger partial charge in [0.15, 0.2) is 17.5 Å². The maximum Gasteiger partial charge on any atom is 0.251 e. The highest BCUT2D eigenvalue weighted by atomic mass is 19.2. The monoisotopic (exact) mass is 428 g/mol. The Labute approximate surface area is 176 Å². The predicted molar refractivity (Wildman–Crippen MR) is 109 cm³/mol. The number of carbonyl (C=O) groups is 2. The van der Waals surface area contributed by atoms with Crippen LogP contribution in [0, 0.1) is 24.4 Å². The van der Waals surface area contributed by atoms with Crippen LogP contribution >= 0.6 is 0 Å². The van der Waals surface area contributed by atoms with Gasteiger partial charge in [-0.15, -0.1) is 0 Å². The maximum atomic E-state index is 13.6. The molecule has 5 nitrogen and oxygen atoms in total. The Morgan fingerprint density at radius 3 is 2.48 bits per heavy atom. The Morgan fingerprint density at radius 2 is 1.71 bits per heavy atom. The molecule has 0 aromatic heterocycles. The SMILES string of the molecule is Cc1cccc(COc2cccc(C(=O)NCC(=O)Nc3ccc(F)c(F)c3F)c2)c1. The van der Waals surface area contributed by atoms with Gasteiger partial charge in [0.25, 0.3) is 5.91 Å². The highest BCUT2D eigenvalue weighted by molar-refractivity contribution is 5.99. The van der Waals surface area contributed by atoms with Gasteiger partial charge in [0.1, 0.15) is 12.4 Å². The minimum atomic E-state index is -1.69. The van der Waals surface area contributed by atoms with Crippen LogP contribution in [0.3, 0.4) is 0 Å². The van der Waals surface area contributed by atoms with E-state index >= 15 is 0 Å². The van der Waals surface area contributed by atoms with E-state index in [1.54, 1.807) is 18.2 Å². The van der Waals surface area contributed by atoms with Crippen molar-refractivity contribution in [1.29, 1.82) is 0 Å². The summed E-state index contributed by atoms with van der Waals surface area (Å²) in [6, 6.07) is 15.8. The molecule has 0 saturated heterocycles. The highest BCUT2D eigenvalue weighted by Gasteiger charge is 2.16. The van der Waals surface area contributed by atoms with Crippen LogP contribution in [0.1, 0.15) is 21.5 Å². The van der Waals surface area contributed by atoms with Crippen LogP contribution in [0.4, 0.5) is 18.9 Å². The molecule has 0 fully saturated rings. The number of nitrogens with one attached hydrogen (secondary N) is 2. The Morgan fingerprint density at radius 1 is 0.935 bits per heavy atom. The van der Waals surface area contributed by atoms with Crippen LogP contribution in [0.2, 0.25) is 0 Å². The Bertz CT molecular complexity index is 1120. The lowest BCUT2D eigenvalue weighted by Gasteiger charge is -2.10. The molecular weight excluding hydrogens is 409 g/mol. The summed E-state index contributed by atoms with van der Waals surface area (Å²) in [6.45, 7) is 1.81. The molecule has 3 aromatic carbocycles. The van der Waals surface area contributed by atoms with E-state index in [4.69, 9.17) is 4.74 Å². The zero-order valence-electron chi connectivity index (χ0n) is 16.5. The molecule has 8 heteroatoms. The first-order chi connectivity index (χ1) is 14.8. The van der Waals surface area contributed by atoms with Crippen molar-refractivity contribution < 1.29 is 27.5 Å². The molecule has 0 aliphatic rings. The smallest absolute Gasteiger partial charge is 0.251 e. The topological polar surface area (TPSA) is 67.4 Å². The summed E-state index contributed by atoms with van der Waals surface area (Å²) in [7, 11) is 0. The number of hydrogen-bond acceptors (Lipinski definition) is 3. The summed E-state index contributed by atoms with van der Waals surface area (Å²) in [5, 5.41) is 4.46. The van der Waals surface area contributed by atoms with Gasteiger partial charge >= 0.3 is 0 Å². The number of amides is 2. The lowest BCUT2D eigenvalue weighted by molar-refractivity contribution is -0.115. The first-order valence-corrected chi connectivity index (χ1v) is 9.33. The van der Waals surface area contributed by atoms with Gasteiger partial charge in [0, 0.05) is 5.56 Å². The van der Waals surface area contributed by atoms with Gasteiger partial charge in [-0.1, -0.05) is 35.9 Å². The molecule has 3 rings (SSSR count). The van der Waals surface area contributed by atoms with E-state index in [2.05, 4.69) is 10.6 Å². The predicted octanol–water partition coefficient (Wildman–Crippen LogP) is 4.36. The molecule has 31 heavy (non-hydrogen) atoms. The minimum Gasteiger partial charge on any atom is -0.489 e. The molecule has 2 N–H and O–H groups in total. The molecule has 0 bridgehead atoms. The first kappa shape index (κ1) is 21.9. The molecule has 0 radical (unpaired) electrons. The first-order valence-electron chi connectivity index (χ1n) is 9.33. The zero-order chi connectivity index (χ0) is 22.4. The molecule has 0 spiro atoms. The van der Waals surface area contributed by atoms with E-state index in [9.17, 15) is 22.8 Å². The number of anilines is 1. The Balaban J connectivity index is 1.55. The summed E-state index contributed by atoms with van der Waals surface area (Å²) >= 11 is 0. The normalized spacial score (nSPS) is 10.5. The lowest BCUT2D eigenvalue weighted by atomic mass is 10.1. The van der Waals surface area contributed by atoms with Crippen LogP contribution in [-0.2, 0) is 11.4 Å². The van der Waals surface area contributed by atoms with Crippen molar-refractivity contribution in [3.05, 3.63) is 94.8 Å². The fraction of sp³-hybridized carbons (Fsp3) is 0.130. The minimum absolute atomic E-state index is 0.258. The molecule has 3 aromatic rings. The number of halogens is 3. The van der Waals surface area contributed by atoms with Crippen LogP contribution in [0.5, 0.6) is 5.75 Å². The molecular formula is C23H19F3N2O3. The van der Waals surface area contributed by atoms with Gasteiger partial charge in [-0.3, -0.25) is 9.59 Å². The fourth-order valence-electron chi connectivity index (χ4n) is 2.78. The van der Waals surface area contributed by atoms with Crippen LogP contribution < -0.4 is 15.4 Å².